The van der Waals surface area contributed by atoms with Crippen LogP contribution in [0.4, 0.5) is 5.00 Å². The highest BCUT2D eigenvalue weighted by Crippen LogP contribution is 2.14. The quantitative estimate of drug-likeness (QED) is 0.490. The minimum Gasteiger partial charge on any atom is -0.276 e. The summed E-state index contributed by atoms with van der Waals surface area (Å²) in [5, 5.41) is 5.25. The summed E-state index contributed by atoms with van der Waals surface area (Å²) in [6.07, 6.45) is 2.05. The Balaban J connectivity index is 2.63. The van der Waals surface area contributed by atoms with Crippen LogP contribution in [-0.4, -0.2) is 22.6 Å². The molecule has 1 heterocycles. The van der Waals surface area contributed by atoms with Crippen molar-refractivity contribution < 1.29 is 9.63 Å². The van der Waals surface area contributed by atoms with Crippen molar-refractivity contribution in [3.8, 4) is 0 Å². The molecule has 0 aromatic carbocycles. The average Bonchev–Trinajstić information content (AvgIpc) is 2.52. The number of hydrogen-bond acceptors (Lipinski definition) is 5. The summed E-state index contributed by atoms with van der Waals surface area (Å²) in [6, 6.07) is 0. The summed E-state index contributed by atoms with van der Waals surface area (Å²) < 4.78 is 3.58. The zero-order valence-electron chi connectivity index (χ0n) is 5.93. The Morgan fingerprint density at radius 3 is 3.18 bits per heavy atom. The minimum atomic E-state index is 0.441. The van der Waals surface area contributed by atoms with Crippen LogP contribution in [0.1, 0.15) is 6.92 Å². The van der Waals surface area contributed by atoms with Crippen molar-refractivity contribution in [3.05, 3.63) is 6.20 Å². The topological polar surface area (TPSA) is 55.3 Å². The van der Waals surface area contributed by atoms with Crippen molar-refractivity contribution >= 4 is 22.9 Å². The van der Waals surface area contributed by atoms with Gasteiger partial charge in [-0.1, -0.05) is 4.49 Å². The van der Waals surface area contributed by atoms with Gasteiger partial charge in [-0.2, -0.15) is 5.06 Å². The van der Waals surface area contributed by atoms with E-state index in [1.54, 1.807) is 6.92 Å². The fourth-order valence-electron chi connectivity index (χ4n) is 0.544. The second-order valence-corrected chi connectivity index (χ2v) is 2.37. The molecule has 6 heteroatoms. The lowest BCUT2D eigenvalue weighted by Crippen LogP contribution is -2.19. The zero-order chi connectivity index (χ0) is 8.10. The summed E-state index contributed by atoms with van der Waals surface area (Å²) in [7, 11) is 0. The van der Waals surface area contributed by atoms with E-state index in [9.17, 15) is 4.79 Å². The molecule has 0 aliphatic carbocycles. The Labute approximate surface area is 67.7 Å². The van der Waals surface area contributed by atoms with Crippen LogP contribution in [0, 0.1) is 0 Å². The fourth-order valence-corrected chi connectivity index (χ4v) is 0.993. The molecule has 5 nitrogen and oxygen atoms in total. The molecule has 0 aliphatic rings. The average molecular weight is 173 g/mol. The van der Waals surface area contributed by atoms with Crippen LogP contribution < -0.4 is 5.06 Å². The van der Waals surface area contributed by atoms with E-state index in [1.807, 2.05) is 0 Å². The second kappa shape index (κ2) is 3.99. The molecule has 0 spiro atoms. The van der Waals surface area contributed by atoms with Gasteiger partial charge in [0.15, 0.2) is 5.00 Å². The maximum Gasteiger partial charge on any atom is 0.239 e. The van der Waals surface area contributed by atoms with Gasteiger partial charge in [0.2, 0.25) is 6.41 Å². The number of anilines is 1. The van der Waals surface area contributed by atoms with Gasteiger partial charge in [0.1, 0.15) is 0 Å². The Hall–Kier alpha value is -1.01. The van der Waals surface area contributed by atoms with Crippen molar-refractivity contribution in [2.75, 3.05) is 11.7 Å². The van der Waals surface area contributed by atoms with E-state index in [0.717, 1.165) is 16.6 Å². The molecule has 11 heavy (non-hydrogen) atoms. The molecule has 0 fully saturated rings. The number of nitrogens with zero attached hydrogens (tertiary/aromatic N) is 3. The van der Waals surface area contributed by atoms with Crippen LogP contribution in [0.5, 0.6) is 0 Å². The smallest absolute Gasteiger partial charge is 0.239 e. The lowest BCUT2D eigenvalue weighted by atomic mass is 10.8. The molecule has 0 bridgehead atoms. The molecule has 0 unspecified atom stereocenters. The van der Waals surface area contributed by atoms with Gasteiger partial charge in [0.05, 0.1) is 12.8 Å². The zero-order valence-corrected chi connectivity index (χ0v) is 6.74. The number of hydroxylamine groups is 1. The van der Waals surface area contributed by atoms with E-state index >= 15 is 0 Å². The number of carbonyl (C=O) groups excluding carboxylic acids is 1. The standard InChI is InChI=1S/C5H7N3O2S/c1-2-10-8(4-9)5-3-6-7-11-5/h3-4H,2H2,1H3. The maximum absolute atomic E-state index is 10.3. The second-order valence-electron chi connectivity index (χ2n) is 1.60. The van der Waals surface area contributed by atoms with E-state index in [1.165, 1.54) is 6.20 Å². The van der Waals surface area contributed by atoms with Crippen LogP contribution in [0.15, 0.2) is 6.20 Å². The highest BCUT2D eigenvalue weighted by Gasteiger charge is 2.06. The third-order valence-electron chi connectivity index (χ3n) is 0.931. The Bertz CT molecular complexity index is 214. The lowest BCUT2D eigenvalue weighted by Gasteiger charge is -2.10. The summed E-state index contributed by atoms with van der Waals surface area (Å²) in [5.41, 5.74) is 0. The largest absolute Gasteiger partial charge is 0.276 e. The molecule has 0 N–H and O–H groups in total. The van der Waals surface area contributed by atoms with Gasteiger partial charge in [-0.05, 0) is 6.92 Å². The van der Waals surface area contributed by atoms with Crippen molar-refractivity contribution in [1.29, 1.82) is 0 Å². The third-order valence-corrected chi connectivity index (χ3v) is 1.58. The molecule has 1 rings (SSSR count). The van der Waals surface area contributed by atoms with Crippen LogP contribution in [0.2, 0.25) is 0 Å². The highest BCUT2D eigenvalue weighted by atomic mass is 32.1. The highest BCUT2D eigenvalue weighted by molar-refractivity contribution is 7.10. The first-order valence-corrected chi connectivity index (χ1v) is 3.80. The van der Waals surface area contributed by atoms with Crippen LogP contribution in [0.25, 0.3) is 0 Å². The van der Waals surface area contributed by atoms with E-state index in [0.29, 0.717) is 18.0 Å². The number of rotatable bonds is 4. The summed E-state index contributed by atoms with van der Waals surface area (Å²) >= 11 is 1.10. The fraction of sp³-hybridized carbons (Fsp3) is 0.400. The summed E-state index contributed by atoms with van der Waals surface area (Å²) in [6.45, 7) is 2.24. The molecular formula is C5H7N3O2S. The van der Waals surface area contributed by atoms with Crippen LogP contribution in [-0.2, 0) is 9.63 Å². The SMILES string of the molecule is CCON(C=O)c1cnns1. The molecule has 1 aromatic rings. The van der Waals surface area contributed by atoms with Gasteiger partial charge in [-0.25, -0.2) is 0 Å². The first kappa shape index (κ1) is 8.09. The molecule has 60 valence electrons. The molecule has 0 atom stereocenters. The van der Waals surface area contributed by atoms with Crippen molar-refractivity contribution in [2.45, 2.75) is 6.92 Å². The predicted molar refractivity (Wildman–Crippen MR) is 40.1 cm³/mol. The number of hydrogen-bond donors (Lipinski definition) is 0. The maximum atomic E-state index is 10.3. The van der Waals surface area contributed by atoms with Crippen molar-refractivity contribution in [1.82, 2.24) is 9.59 Å². The Kier molecular flexibility index (Phi) is 2.94. The third kappa shape index (κ3) is 1.95. The normalized spacial score (nSPS) is 9.55. The van der Waals surface area contributed by atoms with Crippen molar-refractivity contribution in [2.24, 2.45) is 0 Å². The van der Waals surface area contributed by atoms with Crippen molar-refractivity contribution in [3.63, 3.8) is 0 Å². The van der Waals surface area contributed by atoms with Crippen LogP contribution >= 0.6 is 11.5 Å². The lowest BCUT2D eigenvalue weighted by molar-refractivity contribution is -0.113. The molecule has 1 aromatic heterocycles. The molecule has 0 saturated carbocycles. The predicted octanol–water partition coefficient (Wildman–Crippen LogP) is 0.452. The van der Waals surface area contributed by atoms with Gasteiger partial charge in [0, 0.05) is 11.5 Å². The number of aromatic nitrogens is 2. The molecule has 0 radical (unpaired) electrons. The molecule has 0 saturated heterocycles. The minimum absolute atomic E-state index is 0.441. The van der Waals surface area contributed by atoms with Crippen LogP contribution in [0.3, 0.4) is 0 Å². The van der Waals surface area contributed by atoms with Gasteiger partial charge in [0.25, 0.3) is 0 Å². The summed E-state index contributed by atoms with van der Waals surface area (Å²) in [5.74, 6) is 0. The Morgan fingerprint density at radius 2 is 2.73 bits per heavy atom. The van der Waals surface area contributed by atoms with E-state index < -0.39 is 0 Å². The Morgan fingerprint density at radius 1 is 1.91 bits per heavy atom. The van der Waals surface area contributed by atoms with Gasteiger partial charge in [-0.3, -0.25) is 9.63 Å². The van der Waals surface area contributed by atoms with Gasteiger partial charge in [-0.15, -0.1) is 5.10 Å². The monoisotopic (exact) mass is 173 g/mol. The molecular weight excluding hydrogens is 166 g/mol. The number of carbonyl (C=O) groups is 1. The van der Waals surface area contributed by atoms with Gasteiger partial charge < -0.3 is 0 Å². The summed E-state index contributed by atoms with van der Waals surface area (Å²) in [4.78, 5) is 15.3. The molecule has 0 aliphatic heterocycles. The number of amides is 1. The van der Waals surface area contributed by atoms with Gasteiger partial charge >= 0.3 is 0 Å². The molecule has 1 amide bonds. The van der Waals surface area contributed by atoms with E-state index in [-0.39, 0.29) is 0 Å². The first-order chi connectivity index (χ1) is 5.38. The van der Waals surface area contributed by atoms with E-state index in [2.05, 4.69) is 9.59 Å². The first-order valence-electron chi connectivity index (χ1n) is 3.03. The van der Waals surface area contributed by atoms with E-state index in [4.69, 9.17) is 4.84 Å².